The SMILES string of the molecule is CCS(=O)(=O)C1CC(O)CCC1(C)C. The summed E-state index contributed by atoms with van der Waals surface area (Å²) in [5.41, 5.74) is -0.186. The average Bonchev–Trinajstić information content (AvgIpc) is 2.09. The average molecular weight is 220 g/mol. The van der Waals surface area contributed by atoms with Crippen LogP contribution >= 0.6 is 0 Å². The van der Waals surface area contributed by atoms with Crippen LogP contribution in [0, 0.1) is 5.41 Å². The third-order valence-corrected chi connectivity index (χ3v) is 5.82. The summed E-state index contributed by atoms with van der Waals surface area (Å²) in [7, 11) is -3.02. The Balaban J connectivity index is 2.94. The van der Waals surface area contributed by atoms with Gasteiger partial charge in [-0.1, -0.05) is 20.8 Å². The first-order valence-electron chi connectivity index (χ1n) is 5.19. The van der Waals surface area contributed by atoms with Crippen molar-refractivity contribution in [2.45, 2.75) is 51.4 Å². The molecule has 1 fully saturated rings. The molecule has 3 nitrogen and oxygen atoms in total. The summed E-state index contributed by atoms with van der Waals surface area (Å²) in [6, 6.07) is 0. The second-order valence-electron chi connectivity index (χ2n) is 4.86. The maximum atomic E-state index is 11.8. The molecule has 0 spiro atoms. The third-order valence-electron chi connectivity index (χ3n) is 3.32. The van der Waals surface area contributed by atoms with Gasteiger partial charge < -0.3 is 5.11 Å². The lowest BCUT2D eigenvalue weighted by Crippen LogP contribution is -2.44. The monoisotopic (exact) mass is 220 g/mol. The maximum absolute atomic E-state index is 11.8. The van der Waals surface area contributed by atoms with Crippen molar-refractivity contribution in [1.82, 2.24) is 0 Å². The number of aliphatic hydroxyl groups excluding tert-OH is 1. The summed E-state index contributed by atoms with van der Waals surface area (Å²) < 4.78 is 23.6. The molecule has 0 aliphatic heterocycles. The fourth-order valence-electron chi connectivity index (χ4n) is 2.22. The maximum Gasteiger partial charge on any atom is 0.153 e. The van der Waals surface area contributed by atoms with Crippen LogP contribution in [0.1, 0.15) is 40.0 Å². The Bertz CT molecular complexity index is 292. The van der Waals surface area contributed by atoms with Crippen molar-refractivity contribution in [3.63, 3.8) is 0 Å². The molecule has 1 N–H and O–H groups in total. The van der Waals surface area contributed by atoms with Gasteiger partial charge in [0.15, 0.2) is 9.84 Å². The predicted octanol–water partition coefficient (Wildman–Crippen LogP) is 1.36. The molecule has 0 aromatic rings. The smallest absolute Gasteiger partial charge is 0.153 e. The molecule has 2 atom stereocenters. The lowest BCUT2D eigenvalue weighted by molar-refractivity contribution is 0.0828. The van der Waals surface area contributed by atoms with E-state index in [1.165, 1.54) is 0 Å². The molecule has 1 saturated carbocycles. The molecule has 0 bridgehead atoms. The van der Waals surface area contributed by atoms with Gasteiger partial charge in [0.25, 0.3) is 0 Å². The van der Waals surface area contributed by atoms with Crippen LogP contribution in [-0.2, 0) is 9.84 Å². The Morgan fingerprint density at radius 2 is 2.00 bits per heavy atom. The van der Waals surface area contributed by atoms with E-state index in [-0.39, 0.29) is 16.4 Å². The summed E-state index contributed by atoms with van der Waals surface area (Å²) in [6.07, 6.45) is 1.48. The normalized spacial score (nSPS) is 32.9. The van der Waals surface area contributed by atoms with E-state index in [0.717, 1.165) is 12.8 Å². The molecule has 0 heterocycles. The van der Waals surface area contributed by atoms with E-state index in [2.05, 4.69) is 0 Å². The zero-order chi connectivity index (χ0) is 11.0. The second-order valence-corrected chi connectivity index (χ2v) is 7.33. The Morgan fingerprint density at radius 3 is 2.50 bits per heavy atom. The lowest BCUT2D eigenvalue weighted by atomic mass is 9.76. The molecule has 14 heavy (non-hydrogen) atoms. The van der Waals surface area contributed by atoms with E-state index < -0.39 is 15.9 Å². The highest BCUT2D eigenvalue weighted by molar-refractivity contribution is 7.92. The molecule has 0 amide bonds. The van der Waals surface area contributed by atoms with Gasteiger partial charge in [0, 0.05) is 5.75 Å². The van der Waals surface area contributed by atoms with Crippen LogP contribution in [0.15, 0.2) is 0 Å². The fraction of sp³-hybridized carbons (Fsp3) is 1.00. The van der Waals surface area contributed by atoms with E-state index >= 15 is 0 Å². The second kappa shape index (κ2) is 3.81. The topological polar surface area (TPSA) is 54.4 Å². The van der Waals surface area contributed by atoms with Gasteiger partial charge in [0.1, 0.15) is 0 Å². The molecule has 1 aliphatic rings. The number of rotatable bonds is 2. The first kappa shape index (κ1) is 12.0. The highest BCUT2D eigenvalue weighted by Gasteiger charge is 2.42. The molecule has 0 saturated heterocycles. The van der Waals surface area contributed by atoms with Crippen molar-refractivity contribution >= 4 is 9.84 Å². The van der Waals surface area contributed by atoms with Crippen LogP contribution in [0.25, 0.3) is 0 Å². The Hall–Kier alpha value is -0.0900. The first-order valence-corrected chi connectivity index (χ1v) is 6.91. The van der Waals surface area contributed by atoms with Gasteiger partial charge in [-0.25, -0.2) is 8.42 Å². The van der Waals surface area contributed by atoms with Crippen LogP contribution in [0.5, 0.6) is 0 Å². The lowest BCUT2D eigenvalue weighted by Gasteiger charge is -2.39. The number of hydrogen-bond acceptors (Lipinski definition) is 3. The van der Waals surface area contributed by atoms with Crippen LogP contribution in [0.4, 0.5) is 0 Å². The Kier molecular flexibility index (Phi) is 3.26. The van der Waals surface area contributed by atoms with Gasteiger partial charge in [-0.3, -0.25) is 0 Å². The van der Waals surface area contributed by atoms with E-state index in [4.69, 9.17) is 0 Å². The van der Waals surface area contributed by atoms with Crippen LogP contribution in [0.2, 0.25) is 0 Å². The van der Waals surface area contributed by atoms with E-state index in [1.807, 2.05) is 13.8 Å². The largest absolute Gasteiger partial charge is 0.393 e. The van der Waals surface area contributed by atoms with E-state index in [9.17, 15) is 13.5 Å². The quantitative estimate of drug-likeness (QED) is 0.764. The van der Waals surface area contributed by atoms with Gasteiger partial charge in [0.05, 0.1) is 11.4 Å². The Labute approximate surface area is 86.4 Å². The van der Waals surface area contributed by atoms with Gasteiger partial charge >= 0.3 is 0 Å². The zero-order valence-electron chi connectivity index (χ0n) is 9.16. The van der Waals surface area contributed by atoms with Crippen LogP contribution < -0.4 is 0 Å². The summed E-state index contributed by atoms with van der Waals surface area (Å²) in [6.45, 7) is 5.64. The van der Waals surface area contributed by atoms with Crippen LogP contribution in [0.3, 0.4) is 0 Å². The molecule has 0 aromatic carbocycles. The van der Waals surface area contributed by atoms with Gasteiger partial charge in [-0.15, -0.1) is 0 Å². The van der Waals surface area contributed by atoms with Gasteiger partial charge in [-0.2, -0.15) is 0 Å². The molecule has 1 aliphatic carbocycles. The van der Waals surface area contributed by atoms with Crippen LogP contribution in [-0.4, -0.2) is 30.6 Å². The fourth-order valence-corrected chi connectivity index (χ4v) is 4.23. The first-order chi connectivity index (χ1) is 6.29. The van der Waals surface area contributed by atoms with Crippen molar-refractivity contribution in [3.8, 4) is 0 Å². The predicted molar refractivity (Wildman–Crippen MR) is 56.9 cm³/mol. The third kappa shape index (κ3) is 2.28. The number of hydrogen-bond donors (Lipinski definition) is 1. The molecule has 0 radical (unpaired) electrons. The number of sulfone groups is 1. The van der Waals surface area contributed by atoms with Crippen molar-refractivity contribution in [1.29, 1.82) is 0 Å². The summed E-state index contributed by atoms with van der Waals surface area (Å²) in [5, 5.41) is 9.13. The highest BCUT2D eigenvalue weighted by Crippen LogP contribution is 2.39. The molecule has 2 unspecified atom stereocenters. The highest BCUT2D eigenvalue weighted by atomic mass is 32.2. The molecule has 0 aromatic heterocycles. The minimum Gasteiger partial charge on any atom is -0.393 e. The van der Waals surface area contributed by atoms with Gasteiger partial charge in [-0.05, 0) is 24.7 Å². The summed E-state index contributed by atoms with van der Waals surface area (Å²) in [5.74, 6) is 0.174. The molecular weight excluding hydrogens is 200 g/mol. The van der Waals surface area contributed by atoms with Gasteiger partial charge in [0.2, 0.25) is 0 Å². The summed E-state index contributed by atoms with van der Waals surface area (Å²) >= 11 is 0. The molecular formula is C10H20O3S. The Morgan fingerprint density at radius 1 is 1.43 bits per heavy atom. The van der Waals surface area contributed by atoms with Crippen molar-refractivity contribution in [2.24, 2.45) is 5.41 Å². The summed E-state index contributed by atoms with van der Waals surface area (Å²) in [4.78, 5) is 0. The van der Waals surface area contributed by atoms with E-state index in [1.54, 1.807) is 6.92 Å². The van der Waals surface area contributed by atoms with Crippen molar-refractivity contribution in [3.05, 3.63) is 0 Å². The minimum absolute atomic E-state index is 0.174. The number of aliphatic hydroxyl groups is 1. The molecule has 4 heteroatoms. The zero-order valence-corrected chi connectivity index (χ0v) is 9.97. The molecule has 1 rings (SSSR count). The molecule has 84 valence electrons. The van der Waals surface area contributed by atoms with Crippen molar-refractivity contribution in [2.75, 3.05) is 5.75 Å². The standard InChI is InChI=1S/C10H20O3S/c1-4-14(12,13)9-7-8(11)5-6-10(9,2)3/h8-9,11H,4-7H2,1-3H3. The van der Waals surface area contributed by atoms with E-state index in [0.29, 0.717) is 6.42 Å². The van der Waals surface area contributed by atoms with Crippen molar-refractivity contribution < 1.29 is 13.5 Å². The minimum atomic E-state index is -3.02.